The van der Waals surface area contributed by atoms with Crippen molar-refractivity contribution in [2.75, 3.05) is 25.0 Å². The van der Waals surface area contributed by atoms with E-state index >= 15 is 0 Å². The number of alkyl halides is 13. The fraction of sp³-hybridized carbons (Fsp3) is 0.280. The highest BCUT2D eigenvalue weighted by Gasteiger charge is 2.39. The van der Waals surface area contributed by atoms with Crippen molar-refractivity contribution in [2.24, 2.45) is 5.73 Å². The monoisotopic (exact) mass is 1010 g/mol. The predicted octanol–water partition coefficient (Wildman–Crippen LogP) is 13.9. The third kappa shape index (κ3) is 17.6. The van der Waals surface area contributed by atoms with Gasteiger partial charge in [-0.25, -0.2) is 0 Å². The van der Waals surface area contributed by atoms with E-state index in [-0.39, 0.29) is 25.3 Å². The van der Waals surface area contributed by atoms with Crippen LogP contribution < -0.4 is 20.5 Å². The quantitative estimate of drug-likeness (QED) is 0.0843. The van der Waals surface area contributed by atoms with Crippen LogP contribution in [0.4, 0.5) is 52.7 Å². The van der Waals surface area contributed by atoms with Crippen LogP contribution in [-0.2, 0) is 23.7 Å². The molecule has 0 aliphatic carbocycles. The first-order valence-electron chi connectivity index (χ1n) is 20.4. The van der Waals surface area contributed by atoms with Crippen molar-refractivity contribution in [3.05, 3.63) is 202 Å². The van der Waals surface area contributed by atoms with Crippen molar-refractivity contribution in [1.29, 1.82) is 0 Å². The third-order valence-electron chi connectivity index (χ3n) is 10.3. The minimum absolute atomic E-state index is 0.152. The molecule has 360 valence electrons. The molecule has 0 aliphatic heterocycles. The van der Waals surface area contributed by atoms with Crippen molar-refractivity contribution < 1.29 is 62.2 Å². The van der Waals surface area contributed by atoms with E-state index in [0.29, 0.717) is 23.1 Å². The van der Waals surface area contributed by atoms with Crippen molar-refractivity contribution in [3.8, 4) is 11.5 Å². The first kappa shape index (κ1) is 54.1. The molecule has 6 aromatic rings. The molecule has 0 radical (unpaired) electrons. The number of hydrogen-bond donors (Lipinski definition) is 2. The average Bonchev–Trinajstić information content (AvgIpc) is 3.25. The molecule has 4 nitrogen and oxygen atoms in total. The summed E-state index contributed by atoms with van der Waals surface area (Å²) in [5.41, 5.74) is 11.1. The van der Waals surface area contributed by atoms with Gasteiger partial charge in [-0.2, -0.15) is 26.3 Å². The minimum Gasteiger partial charge on any atom is -0.406 e. The topological polar surface area (TPSA) is 56.5 Å². The van der Waals surface area contributed by atoms with Crippen LogP contribution in [0.25, 0.3) is 0 Å². The van der Waals surface area contributed by atoms with E-state index in [2.05, 4.69) is 30.7 Å². The molecule has 67 heavy (non-hydrogen) atoms. The Morgan fingerprint density at radius 3 is 1.16 bits per heavy atom. The molecule has 0 heterocycles. The van der Waals surface area contributed by atoms with Gasteiger partial charge in [-0.1, -0.05) is 161 Å². The zero-order chi connectivity index (χ0) is 49.5. The van der Waals surface area contributed by atoms with Gasteiger partial charge in [0.15, 0.2) is 0 Å². The number of ether oxygens (including phenoxy) is 2. The second-order valence-corrected chi connectivity index (χ2v) is 16.1. The first-order chi connectivity index (χ1) is 31.4. The lowest BCUT2D eigenvalue weighted by Crippen LogP contribution is -2.44. The average molecular weight is 1020 g/mol. The summed E-state index contributed by atoms with van der Waals surface area (Å²) in [5, 5.41) is 1.57. The van der Waals surface area contributed by atoms with E-state index in [4.69, 9.17) is 5.73 Å². The molecule has 0 amide bonds. The Morgan fingerprint density at radius 1 is 0.448 bits per heavy atom. The van der Waals surface area contributed by atoms with Gasteiger partial charge in [0.2, 0.25) is 0 Å². The van der Waals surface area contributed by atoms with Gasteiger partial charge in [0.25, 0.3) is 0 Å². The summed E-state index contributed by atoms with van der Waals surface area (Å²) in [6, 6.07) is 45.7. The standard InChI is InChI=1S/C25H23F6NO.C23H22F3NO.C2H2BrF3/c1-18-7-5-10-20(13-18)23(16-32-17-24(26,27)28,15-19-8-3-2-4-9-19)21-11-6-12-22(14-21)33-25(29,30)31;1-17-7-5-10-19(13-17)22(16-27,15-18-8-3-2-4-9-18)20-11-6-12-21(14-20)28-23(24,25)26;3-1-2(4,5)6/h2-14,32H,15-17H2,1H3;2-14H,15-16,27H2,1H3;1H2. The largest absolute Gasteiger partial charge is 0.573 e. The number of aryl methyl sites for hydroxylation is 2. The molecule has 0 fully saturated rings. The molecule has 2 unspecified atom stereocenters. The smallest absolute Gasteiger partial charge is 0.406 e. The summed E-state index contributed by atoms with van der Waals surface area (Å²) < 4.78 is 156. The maximum Gasteiger partial charge on any atom is 0.573 e. The molecular formula is C50H47BrF12N2O2. The van der Waals surface area contributed by atoms with E-state index in [1.165, 1.54) is 30.3 Å². The maximum atomic E-state index is 13.0. The summed E-state index contributed by atoms with van der Waals surface area (Å²) in [4.78, 5) is 0. The van der Waals surface area contributed by atoms with Gasteiger partial charge >= 0.3 is 25.1 Å². The molecule has 0 aliphatic rings. The highest BCUT2D eigenvalue weighted by Crippen LogP contribution is 2.40. The van der Waals surface area contributed by atoms with Crippen molar-refractivity contribution in [2.45, 2.75) is 62.6 Å². The Morgan fingerprint density at radius 2 is 0.806 bits per heavy atom. The number of benzene rings is 6. The Bertz CT molecular complexity index is 2430. The summed E-state index contributed by atoms with van der Waals surface area (Å²) in [5.74, 6) is -0.676. The second kappa shape index (κ2) is 23.5. The van der Waals surface area contributed by atoms with E-state index < -0.39 is 53.5 Å². The molecule has 0 bridgehead atoms. The van der Waals surface area contributed by atoms with Crippen LogP contribution in [0.2, 0.25) is 0 Å². The molecule has 0 aromatic heterocycles. The van der Waals surface area contributed by atoms with Crippen LogP contribution in [0, 0.1) is 13.8 Å². The SMILES string of the molecule is Cc1cccc(C(CN)(Cc2ccccc2)c2cccc(OC(F)(F)F)c2)c1.Cc1cccc(C(CNCC(F)(F)F)(Cc2ccccc2)c2cccc(OC(F)(F)F)c2)c1.FC(F)(F)CBr. The van der Waals surface area contributed by atoms with Gasteiger partial charge in [-0.3, -0.25) is 0 Å². The number of nitrogens with two attached hydrogens (primary N) is 1. The highest BCUT2D eigenvalue weighted by atomic mass is 79.9. The van der Waals surface area contributed by atoms with Crippen molar-refractivity contribution in [1.82, 2.24) is 5.32 Å². The van der Waals surface area contributed by atoms with Gasteiger partial charge < -0.3 is 20.5 Å². The number of rotatable bonds is 14. The molecule has 0 spiro atoms. The van der Waals surface area contributed by atoms with Crippen LogP contribution in [-0.4, -0.2) is 50.0 Å². The van der Waals surface area contributed by atoms with Gasteiger partial charge in [0, 0.05) is 23.9 Å². The predicted molar refractivity (Wildman–Crippen MR) is 238 cm³/mol. The van der Waals surface area contributed by atoms with Gasteiger partial charge in [-0.15, -0.1) is 26.3 Å². The van der Waals surface area contributed by atoms with Gasteiger partial charge in [0.1, 0.15) is 11.5 Å². The lowest BCUT2D eigenvalue weighted by molar-refractivity contribution is -0.275. The molecule has 3 N–H and O–H groups in total. The summed E-state index contributed by atoms with van der Waals surface area (Å²) in [7, 11) is 0. The maximum absolute atomic E-state index is 13.0. The molecule has 17 heteroatoms. The molecule has 2 atom stereocenters. The third-order valence-corrected chi connectivity index (χ3v) is 11.0. The van der Waals surface area contributed by atoms with Crippen LogP contribution in [0.5, 0.6) is 11.5 Å². The Kier molecular flexibility index (Phi) is 18.9. The van der Waals surface area contributed by atoms with Crippen molar-refractivity contribution >= 4 is 15.9 Å². The normalized spacial score (nSPS) is 13.7. The molecule has 6 aromatic carbocycles. The number of halogens is 13. The van der Waals surface area contributed by atoms with E-state index in [0.717, 1.165) is 27.8 Å². The first-order valence-corrected chi connectivity index (χ1v) is 21.5. The highest BCUT2D eigenvalue weighted by molar-refractivity contribution is 9.09. The molecule has 0 saturated carbocycles. The minimum atomic E-state index is -4.89. The van der Waals surface area contributed by atoms with Crippen molar-refractivity contribution in [3.63, 3.8) is 0 Å². The van der Waals surface area contributed by atoms with E-state index in [1.807, 2.05) is 111 Å². The fourth-order valence-electron chi connectivity index (χ4n) is 7.49. The Labute approximate surface area is 389 Å². The second-order valence-electron chi connectivity index (χ2n) is 15.6. The summed E-state index contributed by atoms with van der Waals surface area (Å²) in [6.45, 7) is 2.69. The summed E-state index contributed by atoms with van der Waals surface area (Å²) >= 11 is 2.24. The zero-order valence-corrected chi connectivity index (χ0v) is 37.6. The zero-order valence-electron chi connectivity index (χ0n) is 36.1. The van der Waals surface area contributed by atoms with Crippen LogP contribution >= 0.6 is 15.9 Å². The lowest BCUT2D eigenvalue weighted by Gasteiger charge is -2.36. The van der Waals surface area contributed by atoms with E-state index in [9.17, 15) is 52.7 Å². The molecule has 0 saturated heterocycles. The molecule has 6 rings (SSSR count). The fourth-order valence-corrected chi connectivity index (χ4v) is 7.49. The molecular weight excluding hydrogens is 968 g/mol. The van der Waals surface area contributed by atoms with Gasteiger partial charge in [0.05, 0.1) is 11.9 Å². The van der Waals surface area contributed by atoms with Gasteiger partial charge in [-0.05, 0) is 84.3 Å². The number of nitrogens with one attached hydrogen (secondary N) is 1. The van der Waals surface area contributed by atoms with E-state index in [1.54, 1.807) is 30.3 Å². The Hall–Kier alpha value is -5.52. The number of hydrogen-bond acceptors (Lipinski definition) is 4. The van der Waals surface area contributed by atoms with Crippen LogP contribution in [0.3, 0.4) is 0 Å². The van der Waals surface area contributed by atoms with Crippen LogP contribution in [0.15, 0.2) is 158 Å². The summed E-state index contributed by atoms with van der Waals surface area (Å²) in [6.07, 6.45) is -17.3. The van der Waals surface area contributed by atoms with Crippen LogP contribution in [0.1, 0.15) is 44.5 Å². The Balaban J connectivity index is 0.000000263. The lowest BCUT2D eigenvalue weighted by atomic mass is 9.70.